The number of ether oxygens (including phenoxy) is 1. The first-order chi connectivity index (χ1) is 8.40. The van der Waals surface area contributed by atoms with Crippen molar-refractivity contribution < 1.29 is 4.74 Å². The molecule has 1 N–H and O–H groups in total. The van der Waals surface area contributed by atoms with E-state index in [1.165, 1.54) is 17.7 Å². The van der Waals surface area contributed by atoms with E-state index in [4.69, 9.17) is 4.74 Å². The fourth-order valence-corrected chi connectivity index (χ4v) is 2.61. The Bertz CT molecular complexity index is 392. The third-order valence-electron chi connectivity index (χ3n) is 3.86. The maximum atomic E-state index is 5.27. The second-order valence-electron chi connectivity index (χ2n) is 4.88. The first kappa shape index (κ1) is 11.0. The Balaban J connectivity index is 1.81. The standard InChI is InChI=1S/C13H19N3O/c1-17-9-11-3-5-16(11)13-2-4-14-8-12(13)10-6-15-7-10/h2,4,8,10-11,15H,3,5-7,9H2,1H3. The Labute approximate surface area is 102 Å². The molecule has 0 aliphatic carbocycles. The molecule has 3 rings (SSSR count). The number of aromatic nitrogens is 1. The van der Waals surface area contributed by atoms with Gasteiger partial charge in [-0.15, -0.1) is 0 Å². The summed E-state index contributed by atoms with van der Waals surface area (Å²) in [6.07, 6.45) is 5.16. The normalized spacial score (nSPS) is 24.3. The SMILES string of the molecule is COCC1CCN1c1ccncc1C1CNC1. The number of hydrogen-bond acceptors (Lipinski definition) is 4. The predicted octanol–water partition coefficient (Wildman–Crippen LogP) is 0.994. The van der Waals surface area contributed by atoms with Gasteiger partial charge >= 0.3 is 0 Å². The van der Waals surface area contributed by atoms with E-state index in [0.29, 0.717) is 12.0 Å². The molecule has 3 heterocycles. The Morgan fingerprint density at radius 1 is 1.53 bits per heavy atom. The fraction of sp³-hybridized carbons (Fsp3) is 0.615. The Hall–Kier alpha value is -1.13. The van der Waals surface area contributed by atoms with Crippen LogP contribution in [0.25, 0.3) is 0 Å². The molecular formula is C13H19N3O. The van der Waals surface area contributed by atoms with E-state index < -0.39 is 0 Å². The molecule has 2 saturated heterocycles. The molecule has 92 valence electrons. The van der Waals surface area contributed by atoms with Crippen LogP contribution in [0.3, 0.4) is 0 Å². The molecule has 1 aromatic rings. The molecule has 1 aromatic heterocycles. The van der Waals surface area contributed by atoms with Crippen molar-refractivity contribution in [2.24, 2.45) is 0 Å². The minimum Gasteiger partial charge on any atom is -0.383 e. The molecule has 1 atom stereocenters. The quantitative estimate of drug-likeness (QED) is 0.841. The summed E-state index contributed by atoms with van der Waals surface area (Å²) >= 11 is 0. The van der Waals surface area contributed by atoms with Crippen LogP contribution < -0.4 is 10.2 Å². The molecule has 17 heavy (non-hydrogen) atoms. The van der Waals surface area contributed by atoms with E-state index in [9.17, 15) is 0 Å². The molecule has 0 spiro atoms. The molecule has 2 aliphatic heterocycles. The van der Waals surface area contributed by atoms with Gasteiger partial charge in [-0.25, -0.2) is 0 Å². The number of rotatable bonds is 4. The van der Waals surface area contributed by atoms with Crippen LogP contribution in [0.2, 0.25) is 0 Å². The molecule has 4 heteroatoms. The number of nitrogens with one attached hydrogen (secondary N) is 1. The van der Waals surface area contributed by atoms with Gasteiger partial charge in [0.15, 0.2) is 0 Å². The third-order valence-corrected chi connectivity index (χ3v) is 3.86. The molecule has 4 nitrogen and oxygen atoms in total. The van der Waals surface area contributed by atoms with E-state index >= 15 is 0 Å². The van der Waals surface area contributed by atoms with Crippen LogP contribution in [0.1, 0.15) is 17.9 Å². The van der Waals surface area contributed by atoms with Gasteiger partial charge in [-0.3, -0.25) is 4.98 Å². The average molecular weight is 233 g/mol. The zero-order chi connectivity index (χ0) is 11.7. The second-order valence-corrected chi connectivity index (χ2v) is 4.88. The summed E-state index contributed by atoms with van der Waals surface area (Å²) in [4.78, 5) is 6.73. The van der Waals surface area contributed by atoms with Crippen molar-refractivity contribution in [3.05, 3.63) is 24.0 Å². The van der Waals surface area contributed by atoms with Gasteiger partial charge in [0.1, 0.15) is 0 Å². The molecule has 0 saturated carbocycles. The summed E-state index contributed by atoms with van der Waals surface area (Å²) in [5.74, 6) is 0.641. The summed E-state index contributed by atoms with van der Waals surface area (Å²) in [6.45, 7) is 4.14. The van der Waals surface area contributed by atoms with Crippen LogP contribution in [0, 0.1) is 0 Å². The van der Waals surface area contributed by atoms with Crippen molar-refractivity contribution >= 4 is 5.69 Å². The lowest BCUT2D eigenvalue weighted by Gasteiger charge is -2.44. The minimum atomic E-state index is 0.550. The average Bonchev–Trinajstić information content (AvgIpc) is 2.25. The lowest BCUT2D eigenvalue weighted by Crippen LogP contribution is -2.51. The van der Waals surface area contributed by atoms with Crippen LogP contribution in [-0.2, 0) is 4.74 Å². The largest absolute Gasteiger partial charge is 0.383 e. The number of anilines is 1. The molecule has 0 bridgehead atoms. The van der Waals surface area contributed by atoms with E-state index in [1.807, 2.05) is 12.4 Å². The van der Waals surface area contributed by atoms with Crippen LogP contribution in [0.4, 0.5) is 5.69 Å². The number of methoxy groups -OCH3 is 1. The van der Waals surface area contributed by atoms with Gasteiger partial charge in [-0.05, 0) is 18.1 Å². The summed E-state index contributed by atoms with van der Waals surface area (Å²) in [5.41, 5.74) is 2.76. The number of nitrogens with zero attached hydrogens (tertiary/aromatic N) is 2. The van der Waals surface area contributed by atoms with Crippen molar-refractivity contribution in [1.82, 2.24) is 10.3 Å². The van der Waals surface area contributed by atoms with Gasteiger partial charge in [0.05, 0.1) is 12.6 Å². The Morgan fingerprint density at radius 3 is 3.00 bits per heavy atom. The number of hydrogen-bond donors (Lipinski definition) is 1. The maximum Gasteiger partial charge on any atom is 0.0666 e. The third kappa shape index (κ3) is 1.91. The first-order valence-electron chi connectivity index (χ1n) is 6.30. The lowest BCUT2D eigenvalue weighted by atomic mass is 9.91. The van der Waals surface area contributed by atoms with Crippen molar-refractivity contribution in [1.29, 1.82) is 0 Å². The van der Waals surface area contributed by atoms with Crippen molar-refractivity contribution in [2.75, 3.05) is 38.3 Å². The van der Waals surface area contributed by atoms with Gasteiger partial charge < -0.3 is 15.0 Å². The topological polar surface area (TPSA) is 37.4 Å². The summed E-state index contributed by atoms with van der Waals surface area (Å²) < 4.78 is 5.27. The van der Waals surface area contributed by atoms with Gasteiger partial charge in [0.2, 0.25) is 0 Å². The lowest BCUT2D eigenvalue weighted by molar-refractivity contribution is 0.156. The van der Waals surface area contributed by atoms with Crippen molar-refractivity contribution in [3.8, 4) is 0 Å². The van der Waals surface area contributed by atoms with Crippen LogP contribution >= 0.6 is 0 Å². The van der Waals surface area contributed by atoms with Crippen LogP contribution in [-0.4, -0.2) is 44.4 Å². The molecule has 1 unspecified atom stereocenters. The smallest absolute Gasteiger partial charge is 0.0666 e. The van der Waals surface area contributed by atoms with Crippen LogP contribution in [0.5, 0.6) is 0 Å². The number of pyridine rings is 1. The van der Waals surface area contributed by atoms with Crippen molar-refractivity contribution in [2.45, 2.75) is 18.4 Å². The van der Waals surface area contributed by atoms with Gasteiger partial charge in [-0.2, -0.15) is 0 Å². The molecule has 2 aliphatic rings. The van der Waals surface area contributed by atoms with Gasteiger partial charge in [-0.1, -0.05) is 0 Å². The van der Waals surface area contributed by atoms with E-state index in [-0.39, 0.29) is 0 Å². The molecule has 0 amide bonds. The first-order valence-corrected chi connectivity index (χ1v) is 6.30. The maximum absolute atomic E-state index is 5.27. The van der Waals surface area contributed by atoms with Gasteiger partial charge in [0, 0.05) is 50.7 Å². The molecule has 0 radical (unpaired) electrons. The van der Waals surface area contributed by atoms with E-state index in [0.717, 1.165) is 26.2 Å². The van der Waals surface area contributed by atoms with Crippen molar-refractivity contribution in [3.63, 3.8) is 0 Å². The monoisotopic (exact) mass is 233 g/mol. The highest BCUT2D eigenvalue weighted by Crippen LogP contribution is 2.34. The summed E-state index contributed by atoms with van der Waals surface area (Å²) in [5, 5.41) is 3.33. The fourth-order valence-electron chi connectivity index (χ4n) is 2.61. The molecule has 2 fully saturated rings. The predicted molar refractivity (Wildman–Crippen MR) is 67.5 cm³/mol. The van der Waals surface area contributed by atoms with E-state index in [1.54, 1.807) is 7.11 Å². The molecule has 0 aromatic carbocycles. The highest BCUT2D eigenvalue weighted by atomic mass is 16.5. The minimum absolute atomic E-state index is 0.550. The zero-order valence-electron chi connectivity index (χ0n) is 10.2. The van der Waals surface area contributed by atoms with E-state index in [2.05, 4.69) is 21.3 Å². The summed E-state index contributed by atoms with van der Waals surface area (Å²) in [7, 11) is 1.78. The second kappa shape index (κ2) is 4.63. The van der Waals surface area contributed by atoms with Crippen LogP contribution in [0.15, 0.2) is 18.5 Å². The Morgan fingerprint density at radius 2 is 2.41 bits per heavy atom. The van der Waals surface area contributed by atoms with Gasteiger partial charge in [0.25, 0.3) is 0 Å². The highest BCUT2D eigenvalue weighted by molar-refractivity contribution is 5.57. The molecular weight excluding hydrogens is 214 g/mol. The summed E-state index contributed by atoms with van der Waals surface area (Å²) in [6, 6.07) is 2.70. The Kier molecular flexibility index (Phi) is 2.99. The highest BCUT2D eigenvalue weighted by Gasteiger charge is 2.32. The zero-order valence-corrected chi connectivity index (χ0v) is 10.2.